The van der Waals surface area contributed by atoms with Crippen LogP contribution in [0.4, 0.5) is 0 Å². The topological polar surface area (TPSA) is 134 Å². The van der Waals surface area contributed by atoms with Crippen molar-refractivity contribution >= 4 is 19.3 Å². The van der Waals surface area contributed by atoms with Crippen molar-refractivity contribution in [1.29, 1.82) is 0 Å². The zero-order chi connectivity index (χ0) is 13.8. The molecule has 7 nitrogen and oxygen atoms in total. The quantitative estimate of drug-likeness (QED) is 0.355. The summed E-state index contributed by atoms with van der Waals surface area (Å²) in [5.74, 6) is -3.15. The molecule has 0 aromatic carbocycles. The molecule has 2 atom stereocenters. The molecule has 2 unspecified atom stereocenters. The maximum absolute atomic E-state index is 11.7. The maximum Gasteiger partial charge on any atom is 1.00 e. The molecule has 0 fully saturated rings. The molecule has 0 N–H and O–H groups in total. The van der Waals surface area contributed by atoms with E-state index in [1.54, 1.807) is 0 Å². The molecule has 1 rings (SSSR count). The van der Waals surface area contributed by atoms with E-state index in [1.165, 1.54) is 18.4 Å². The number of hydrogen-bond donors (Lipinski definition) is 0. The van der Waals surface area contributed by atoms with Gasteiger partial charge in [0.1, 0.15) is 5.76 Å². The fourth-order valence-corrected chi connectivity index (χ4v) is 2.99. The van der Waals surface area contributed by atoms with E-state index in [-0.39, 0.29) is 101 Å². The number of furan rings is 1. The van der Waals surface area contributed by atoms with E-state index >= 15 is 0 Å². The third-order valence-electron chi connectivity index (χ3n) is 2.35. The number of carbonyl (C=O) groups excluding carboxylic acids is 2. The molecule has 0 saturated carbocycles. The molecule has 0 aliphatic rings. The Hall–Kier alpha value is 1.41. The Morgan fingerprint density at radius 3 is 2.19 bits per heavy atom. The van der Waals surface area contributed by atoms with E-state index in [0.29, 0.717) is 0 Å². The molecule has 11 heteroatoms. The van der Waals surface area contributed by atoms with Gasteiger partial charge in [0, 0.05) is 25.4 Å². The molecule has 0 aliphatic carbocycles. The molecule has 100 valence electrons. The van der Waals surface area contributed by atoms with E-state index in [9.17, 15) is 29.3 Å². The van der Waals surface area contributed by atoms with Gasteiger partial charge in [-0.2, -0.15) is 0 Å². The van der Waals surface area contributed by atoms with Crippen LogP contribution in [0.5, 0.6) is 0 Å². The second kappa shape index (κ2) is 12.8. The summed E-state index contributed by atoms with van der Waals surface area (Å²) in [4.78, 5) is 32.7. The SMILES string of the molecule is O=C([O-])CCP(=O)([O-])C(Cc1ccco1)C(=O)[O-].[Na+].[Na+].[Na+]. The van der Waals surface area contributed by atoms with Crippen LogP contribution in [0, 0.1) is 0 Å². The van der Waals surface area contributed by atoms with Gasteiger partial charge in [0.25, 0.3) is 0 Å². The predicted molar refractivity (Wildman–Crippen MR) is 53.3 cm³/mol. The standard InChI is InChI=1S/C10H13O7P.3Na/c11-9(12)3-5-18(15,16)8(10(13)14)6-7-2-1-4-17-7;;;/h1-2,4,8H,3,5-6H2,(H,11,12)(H,13,14)(H,15,16);;;/q;3*+1/p-3. The van der Waals surface area contributed by atoms with Gasteiger partial charge < -0.3 is 33.7 Å². The van der Waals surface area contributed by atoms with E-state index < -0.39 is 37.5 Å². The molecule has 0 amide bonds. The average molecular weight is 342 g/mol. The van der Waals surface area contributed by atoms with Crippen LogP contribution in [-0.2, 0) is 20.6 Å². The van der Waals surface area contributed by atoms with Crippen LogP contribution in [0.1, 0.15) is 12.2 Å². The Kier molecular flexibility index (Phi) is 16.6. The van der Waals surface area contributed by atoms with Gasteiger partial charge in [-0.15, -0.1) is 0 Å². The summed E-state index contributed by atoms with van der Waals surface area (Å²) in [5.41, 5.74) is -1.80. The monoisotopic (exact) mass is 342 g/mol. The first-order valence-corrected chi connectivity index (χ1v) is 6.93. The smallest absolute Gasteiger partial charge is 0.799 e. The van der Waals surface area contributed by atoms with Crippen molar-refractivity contribution in [3.63, 3.8) is 0 Å². The van der Waals surface area contributed by atoms with Crippen LogP contribution in [0.15, 0.2) is 22.8 Å². The van der Waals surface area contributed by atoms with Gasteiger partial charge in [-0.1, -0.05) is 0 Å². The molecule has 0 saturated heterocycles. The second-order valence-electron chi connectivity index (χ2n) is 3.69. The molecular formula is C10H10Na3O7P. The third kappa shape index (κ3) is 9.99. The van der Waals surface area contributed by atoms with Gasteiger partial charge in [-0.3, -0.25) is 0 Å². The Bertz CT molecular complexity index is 477. The van der Waals surface area contributed by atoms with E-state index in [1.807, 2.05) is 0 Å². The molecule has 0 bridgehead atoms. The largest absolute Gasteiger partial charge is 1.00 e. The molecular weight excluding hydrogens is 332 g/mol. The summed E-state index contributed by atoms with van der Waals surface area (Å²) >= 11 is 0. The van der Waals surface area contributed by atoms with Crippen molar-refractivity contribution in [1.82, 2.24) is 0 Å². The van der Waals surface area contributed by atoms with Gasteiger partial charge in [-0.25, -0.2) is 0 Å². The first-order valence-electron chi connectivity index (χ1n) is 5.06. The van der Waals surface area contributed by atoms with Crippen molar-refractivity contribution in [3.05, 3.63) is 24.2 Å². The number of carbonyl (C=O) groups is 2. The summed E-state index contributed by atoms with van der Waals surface area (Å²) in [5, 5.41) is 21.0. The Morgan fingerprint density at radius 2 is 1.81 bits per heavy atom. The van der Waals surface area contributed by atoms with Crippen LogP contribution in [0.3, 0.4) is 0 Å². The van der Waals surface area contributed by atoms with Gasteiger partial charge in [0.2, 0.25) is 0 Å². The normalized spacial score (nSPS) is 13.6. The van der Waals surface area contributed by atoms with Crippen molar-refractivity contribution < 1.29 is 122 Å². The second-order valence-corrected chi connectivity index (χ2v) is 6.21. The zero-order valence-electron chi connectivity index (χ0n) is 12.2. The molecule has 21 heavy (non-hydrogen) atoms. The zero-order valence-corrected chi connectivity index (χ0v) is 19.1. The van der Waals surface area contributed by atoms with Crippen molar-refractivity contribution in [2.45, 2.75) is 18.5 Å². The molecule has 1 heterocycles. The molecule has 0 spiro atoms. The minimum atomic E-state index is -4.45. The number of hydrogen-bond acceptors (Lipinski definition) is 7. The van der Waals surface area contributed by atoms with Crippen LogP contribution in [0.2, 0.25) is 0 Å². The summed E-state index contributed by atoms with van der Waals surface area (Å²) < 4.78 is 16.5. The van der Waals surface area contributed by atoms with E-state index in [4.69, 9.17) is 4.42 Å². The Balaban J connectivity index is -0.00000108. The Labute approximate surface area is 188 Å². The fraction of sp³-hybridized carbons (Fsp3) is 0.400. The van der Waals surface area contributed by atoms with Crippen LogP contribution in [-0.4, -0.2) is 23.8 Å². The van der Waals surface area contributed by atoms with E-state index in [2.05, 4.69) is 0 Å². The summed E-state index contributed by atoms with van der Waals surface area (Å²) in [6.07, 6.45) is -0.640. The van der Waals surface area contributed by atoms with Crippen LogP contribution < -0.4 is 104 Å². The average Bonchev–Trinajstić information content (AvgIpc) is 2.75. The summed E-state index contributed by atoms with van der Waals surface area (Å²) in [6.45, 7) is 0. The summed E-state index contributed by atoms with van der Waals surface area (Å²) in [6, 6.07) is 2.91. The number of carboxylic acids is 2. The molecule has 1 aromatic rings. The minimum absolute atomic E-state index is 0. The van der Waals surface area contributed by atoms with Crippen LogP contribution >= 0.6 is 7.37 Å². The van der Waals surface area contributed by atoms with Gasteiger partial charge in [0.05, 0.1) is 12.2 Å². The molecule has 1 aromatic heterocycles. The third-order valence-corrected chi connectivity index (χ3v) is 4.54. The molecule has 0 radical (unpaired) electrons. The van der Waals surface area contributed by atoms with Gasteiger partial charge in [0.15, 0.2) is 0 Å². The number of carboxylic acid groups (broad SMARTS) is 2. The van der Waals surface area contributed by atoms with E-state index in [0.717, 1.165) is 0 Å². The maximum atomic E-state index is 11.7. The molecule has 0 aliphatic heterocycles. The predicted octanol–water partition coefficient (Wildman–Crippen LogP) is -11.3. The first-order chi connectivity index (χ1) is 8.33. The minimum Gasteiger partial charge on any atom is -0.799 e. The fourth-order valence-electron chi connectivity index (χ4n) is 1.41. The number of rotatable bonds is 7. The van der Waals surface area contributed by atoms with Crippen molar-refractivity contribution in [2.24, 2.45) is 0 Å². The first kappa shape index (κ1) is 27.3. The number of aliphatic carboxylic acids is 2. The van der Waals surface area contributed by atoms with Gasteiger partial charge >= 0.3 is 88.7 Å². The van der Waals surface area contributed by atoms with Crippen molar-refractivity contribution in [2.75, 3.05) is 6.16 Å². The van der Waals surface area contributed by atoms with Crippen molar-refractivity contribution in [3.8, 4) is 0 Å². The van der Waals surface area contributed by atoms with Crippen LogP contribution in [0.25, 0.3) is 0 Å². The van der Waals surface area contributed by atoms with Gasteiger partial charge in [-0.05, 0) is 24.7 Å². The summed E-state index contributed by atoms with van der Waals surface area (Å²) in [7, 11) is -4.45. The Morgan fingerprint density at radius 1 is 1.24 bits per heavy atom.